The summed E-state index contributed by atoms with van der Waals surface area (Å²) in [5.41, 5.74) is 0.258. The molecule has 3 heteroatoms. The largest absolute Gasteiger partial charge is 0.392 e. The number of rotatable bonds is 0. The van der Waals surface area contributed by atoms with Gasteiger partial charge in [-0.05, 0) is 26.4 Å². The fraction of sp³-hybridized carbons (Fsp3) is 1.00. The van der Waals surface area contributed by atoms with Crippen LogP contribution in [0.5, 0.6) is 0 Å². The molecule has 0 bridgehead atoms. The number of hydrogen-bond acceptors (Lipinski definition) is 3. The van der Waals surface area contributed by atoms with E-state index >= 15 is 0 Å². The summed E-state index contributed by atoms with van der Waals surface area (Å²) in [5.74, 6) is 0. The van der Waals surface area contributed by atoms with Crippen LogP contribution in [0.25, 0.3) is 0 Å². The Hall–Kier alpha value is -0.120. The zero-order valence-electron chi connectivity index (χ0n) is 7.01. The number of likely N-dealkylation sites (tertiary alicyclic amines) is 1. The summed E-state index contributed by atoms with van der Waals surface area (Å²) in [7, 11) is 2.14. The van der Waals surface area contributed by atoms with Crippen molar-refractivity contribution in [3.05, 3.63) is 0 Å². The van der Waals surface area contributed by atoms with Gasteiger partial charge in [0.25, 0.3) is 0 Å². The molecule has 2 unspecified atom stereocenters. The minimum absolute atomic E-state index is 0.110. The molecule has 2 heterocycles. The highest BCUT2D eigenvalue weighted by atomic mass is 16.3. The van der Waals surface area contributed by atoms with Crippen LogP contribution in [-0.4, -0.2) is 48.3 Å². The van der Waals surface area contributed by atoms with Crippen molar-refractivity contribution in [1.29, 1.82) is 0 Å². The molecule has 64 valence electrons. The van der Waals surface area contributed by atoms with Crippen LogP contribution in [0, 0.1) is 0 Å². The maximum atomic E-state index is 9.36. The van der Waals surface area contributed by atoms with Gasteiger partial charge in [0.1, 0.15) is 0 Å². The summed E-state index contributed by atoms with van der Waals surface area (Å²) in [5, 5.41) is 12.8. The molecular weight excluding hydrogens is 140 g/mol. The molecule has 0 saturated carbocycles. The Morgan fingerprint density at radius 3 is 2.91 bits per heavy atom. The van der Waals surface area contributed by atoms with Crippen molar-refractivity contribution in [2.24, 2.45) is 0 Å². The molecule has 0 aromatic carbocycles. The first-order valence-corrected chi connectivity index (χ1v) is 4.32. The third-order valence-electron chi connectivity index (χ3n) is 2.88. The van der Waals surface area contributed by atoms with E-state index in [1.807, 2.05) is 0 Å². The Kier molecular flexibility index (Phi) is 1.67. The van der Waals surface area contributed by atoms with E-state index < -0.39 is 0 Å². The predicted octanol–water partition coefficient (Wildman–Crippen LogP) is -0.585. The lowest BCUT2D eigenvalue weighted by molar-refractivity contribution is 0.184. The second-order valence-electron chi connectivity index (χ2n) is 4.01. The highest BCUT2D eigenvalue weighted by Gasteiger charge is 2.42. The van der Waals surface area contributed by atoms with Crippen molar-refractivity contribution in [3.8, 4) is 0 Å². The van der Waals surface area contributed by atoms with Gasteiger partial charge in [0, 0.05) is 18.6 Å². The Bertz CT molecular complexity index is 142. The molecule has 3 nitrogen and oxygen atoms in total. The van der Waals surface area contributed by atoms with Crippen LogP contribution in [0.4, 0.5) is 0 Å². The van der Waals surface area contributed by atoms with Crippen molar-refractivity contribution >= 4 is 0 Å². The van der Waals surface area contributed by atoms with E-state index in [-0.39, 0.29) is 11.6 Å². The monoisotopic (exact) mass is 156 g/mol. The van der Waals surface area contributed by atoms with Crippen LogP contribution in [0.15, 0.2) is 0 Å². The third-order valence-corrected chi connectivity index (χ3v) is 2.88. The summed E-state index contributed by atoms with van der Waals surface area (Å²) in [6.07, 6.45) is 2.03. The molecule has 1 spiro atoms. The van der Waals surface area contributed by atoms with Crippen molar-refractivity contribution in [1.82, 2.24) is 10.2 Å². The summed E-state index contributed by atoms with van der Waals surface area (Å²) < 4.78 is 0. The normalized spacial score (nSPS) is 45.8. The molecule has 2 aliphatic heterocycles. The van der Waals surface area contributed by atoms with Crippen LogP contribution < -0.4 is 5.32 Å². The van der Waals surface area contributed by atoms with Crippen molar-refractivity contribution < 1.29 is 5.11 Å². The van der Waals surface area contributed by atoms with E-state index in [1.54, 1.807) is 0 Å². The topological polar surface area (TPSA) is 35.5 Å². The van der Waals surface area contributed by atoms with Crippen LogP contribution in [-0.2, 0) is 0 Å². The smallest absolute Gasteiger partial charge is 0.0682 e. The molecular formula is C8H16N2O. The quantitative estimate of drug-likeness (QED) is 0.492. The molecule has 2 saturated heterocycles. The van der Waals surface area contributed by atoms with Crippen molar-refractivity contribution in [2.45, 2.75) is 24.5 Å². The maximum absolute atomic E-state index is 9.36. The van der Waals surface area contributed by atoms with Crippen LogP contribution >= 0.6 is 0 Å². The lowest BCUT2D eigenvalue weighted by atomic mass is 9.96. The first kappa shape index (κ1) is 7.53. The number of likely N-dealkylation sites (N-methyl/N-ethyl adjacent to an activating group) is 1. The zero-order valence-corrected chi connectivity index (χ0v) is 7.01. The third kappa shape index (κ3) is 1.28. The fourth-order valence-electron chi connectivity index (χ4n) is 2.32. The second-order valence-corrected chi connectivity index (χ2v) is 4.01. The molecule has 2 fully saturated rings. The van der Waals surface area contributed by atoms with E-state index in [0.717, 1.165) is 19.5 Å². The molecule has 2 rings (SSSR count). The summed E-state index contributed by atoms with van der Waals surface area (Å²) in [4.78, 5) is 2.32. The number of hydrogen-bond donors (Lipinski definition) is 2. The van der Waals surface area contributed by atoms with E-state index in [0.29, 0.717) is 0 Å². The number of nitrogens with zero attached hydrogens (tertiary/aromatic N) is 1. The summed E-state index contributed by atoms with van der Waals surface area (Å²) in [6.45, 7) is 3.05. The molecule has 0 aromatic heterocycles. The average Bonchev–Trinajstić information content (AvgIpc) is 2.44. The number of aliphatic hydroxyl groups excluding tert-OH is 1. The lowest BCUT2D eigenvalue weighted by Gasteiger charge is -2.22. The Labute approximate surface area is 67.4 Å². The lowest BCUT2D eigenvalue weighted by Crippen LogP contribution is -2.41. The van der Waals surface area contributed by atoms with Gasteiger partial charge in [0.05, 0.1) is 6.10 Å². The second kappa shape index (κ2) is 2.44. The molecule has 0 radical (unpaired) electrons. The van der Waals surface area contributed by atoms with Crippen molar-refractivity contribution in [2.75, 3.05) is 26.7 Å². The SMILES string of the molecule is CN1CCC2(CC(O)CN2)C1. The number of β-amino-alcohol motifs (C(OH)–C–C–N with tert-alkyl or cyclic N) is 1. The van der Waals surface area contributed by atoms with Gasteiger partial charge in [-0.1, -0.05) is 0 Å². The van der Waals surface area contributed by atoms with E-state index in [1.165, 1.54) is 13.0 Å². The zero-order chi connectivity index (χ0) is 7.90. The molecule has 2 aliphatic rings. The minimum Gasteiger partial charge on any atom is -0.392 e. The summed E-state index contributed by atoms with van der Waals surface area (Å²) in [6, 6.07) is 0. The number of nitrogens with one attached hydrogen (secondary N) is 1. The highest BCUT2D eigenvalue weighted by Crippen LogP contribution is 2.28. The first-order chi connectivity index (χ1) is 5.20. The van der Waals surface area contributed by atoms with Gasteiger partial charge in [0.2, 0.25) is 0 Å². The molecule has 11 heavy (non-hydrogen) atoms. The van der Waals surface area contributed by atoms with Crippen LogP contribution in [0.3, 0.4) is 0 Å². The fourth-order valence-corrected chi connectivity index (χ4v) is 2.32. The molecule has 2 atom stereocenters. The van der Waals surface area contributed by atoms with Crippen LogP contribution in [0.1, 0.15) is 12.8 Å². The Morgan fingerprint density at radius 1 is 1.64 bits per heavy atom. The van der Waals surface area contributed by atoms with Gasteiger partial charge < -0.3 is 15.3 Å². The Morgan fingerprint density at radius 2 is 2.45 bits per heavy atom. The predicted molar refractivity (Wildman–Crippen MR) is 43.5 cm³/mol. The van der Waals surface area contributed by atoms with Gasteiger partial charge in [-0.15, -0.1) is 0 Å². The van der Waals surface area contributed by atoms with Crippen molar-refractivity contribution in [3.63, 3.8) is 0 Å². The van der Waals surface area contributed by atoms with E-state index in [9.17, 15) is 5.11 Å². The molecule has 2 N–H and O–H groups in total. The molecule has 0 aliphatic carbocycles. The average molecular weight is 156 g/mol. The minimum atomic E-state index is -0.110. The van der Waals surface area contributed by atoms with E-state index in [4.69, 9.17) is 0 Å². The Balaban J connectivity index is 2.02. The van der Waals surface area contributed by atoms with Gasteiger partial charge in [-0.2, -0.15) is 0 Å². The van der Waals surface area contributed by atoms with Crippen LogP contribution in [0.2, 0.25) is 0 Å². The van der Waals surface area contributed by atoms with Gasteiger partial charge in [-0.25, -0.2) is 0 Å². The molecule has 0 amide bonds. The number of aliphatic hydroxyl groups is 1. The van der Waals surface area contributed by atoms with Gasteiger partial charge >= 0.3 is 0 Å². The van der Waals surface area contributed by atoms with E-state index in [2.05, 4.69) is 17.3 Å². The summed E-state index contributed by atoms with van der Waals surface area (Å²) >= 11 is 0. The van der Waals surface area contributed by atoms with Gasteiger partial charge in [-0.3, -0.25) is 0 Å². The molecule has 0 aromatic rings. The van der Waals surface area contributed by atoms with Gasteiger partial charge in [0.15, 0.2) is 0 Å². The maximum Gasteiger partial charge on any atom is 0.0682 e. The standard InChI is InChI=1S/C8H16N2O/c1-10-3-2-8(6-10)4-7(11)5-9-8/h7,9,11H,2-6H2,1H3. The first-order valence-electron chi connectivity index (χ1n) is 4.32. The highest BCUT2D eigenvalue weighted by molar-refractivity contribution is 5.02.